The molecule has 0 spiro atoms. The van der Waals surface area contributed by atoms with Gasteiger partial charge in [0.15, 0.2) is 0 Å². The number of likely N-dealkylation sites (N-methyl/N-ethyl adjacent to an activating group) is 1. The van der Waals surface area contributed by atoms with Crippen molar-refractivity contribution in [1.29, 1.82) is 0 Å². The van der Waals surface area contributed by atoms with Crippen LogP contribution in [-0.2, 0) is 4.74 Å². The average molecular weight is 261 g/mol. The van der Waals surface area contributed by atoms with E-state index in [2.05, 4.69) is 0 Å². The van der Waals surface area contributed by atoms with Crippen LogP contribution in [0.15, 0.2) is 18.2 Å². The fraction of sp³-hybridized carbons (Fsp3) is 0.500. The van der Waals surface area contributed by atoms with Crippen molar-refractivity contribution in [2.24, 2.45) is 5.73 Å². The molecule has 0 saturated carbocycles. The van der Waals surface area contributed by atoms with E-state index in [0.717, 1.165) is 12.1 Å². The number of rotatable bonds is 6. The van der Waals surface area contributed by atoms with Gasteiger partial charge in [-0.1, -0.05) is 11.6 Å². The monoisotopic (exact) mass is 260 g/mol. The maximum Gasteiger partial charge on any atom is 0.125 e. The average Bonchev–Trinajstić information content (AvgIpc) is 2.26. The number of methoxy groups -OCH3 is 1. The van der Waals surface area contributed by atoms with E-state index >= 15 is 0 Å². The lowest BCUT2D eigenvalue weighted by molar-refractivity contribution is 0.140. The van der Waals surface area contributed by atoms with Crippen LogP contribution < -0.4 is 5.73 Å². The quantitative estimate of drug-likeness (QED) is 0.851. The van der Waals surface area contributed by atoms with Crippen LogP contribution in [0.2, 0.25) is 5.02 Å². The Morgan fingerprint density at radius 3 is 2.71 bits per heavy atom. The molecule has 1 atom stereocenters. The SMILES string of the molecule is COCCN(C)C(CN)c1cc(F)cc(Cl)c1. The Bertz CT molecular complexity index is 342. The topological polar surface area (TPSA) is 38.5 Å². The fourth-order valence-electron chi connectivity index (χ4n) is 1.73. The van der Waals surface area contributed by atoms with Gasteiger partial charge in [-0.15, -0.1) is 0 Å². The number of hydrogen-bond donors (Lipinski definition) is 1. The van der Waals surface area contributed by atoms with Crippen LogP contribution in [0.25, 0.3) is 0 Å². The summed E-state index contributed by atoms with van der Waals surface area (Å²) in [6.45, 7) is 1.74. The van der Waals surface area contributed by atoms with Crippen molar-refractivity contribution in [2.75, 3.05) is 33.9 Å². The minimum absolute atomic E-state index is 0.0571. The molecule has 0 fully saturated rings. The molecule has 0 saturated heterocycles. The Labute approximate surface area is 106 Å². The number of nitrogens with zero attached hydrogens (tertiary/aromatic N) is 1. The number of hydrogen-bond acceptors (Lipinski definition) is 3. The van der Waals surface area contributed by atoms with Crippen LogP contribution in [0, 0.1) is 5.82 Å². The lowest BCUT2D eigenvalue weighted by Crippen LogP contribution is -2.33. The molecule has 0 aromatic heterocycles. The first kappa shape index (κ1) is 14.4. The molecule has 0 aliphatic heterocycles. The van der Waals surface area contributed by atoms with E-state index in [-0.39, 0.29) is 11.9 Å². The molecule has 1 aromatic rings. The summed E-state index contributed by atoms with van der Waals surface area (Å²) in [4.78, 5) is 2.02. The first-order valence-corrected chi connectivity index (χ1v) is 5.81. The highest BCUT2D eigenvalue weighted by atomic mass is 35.5. The molecule has 1 rings (SSSR count). The summed E-state index contributed by atoms with van der Waals surface area (Å²) >= 11 is 5.84. The van der Waals surface area contributed by atoms with Crippen LogP contribution in [0.3, 0.4) is 0 Å². The summed E-state index contributed by atoms with van der Waals surface area (Å²) in [6, 6.07) is 4.43. The van der Waals surface area contributed by atoms with Crippen molar-refractivity contribution in [3.8, 4) is 0 Å². The summed E-state index contributed by atoms with van der Waals surface area (Å²) in [6.07, 6.45) is 0. The molecule has 0 heterocycles. The van der Waals surface area contributed by atoms with E-state index in [1.165, 1.54) is 12.1 Å². The summed E-state index contributed by atoms with van der Waals surface area (Å²) in [5.74, 6) is -0.342. The second-order valence-corrected chi connectivity index (χ2v) is 4.36. The molecule has 96 valence electrons. The minimum Gasteiger partial charge on any atom is -0.383 e. The van der Waals surface area contributed by atoms with Crippen LogP contribution in [0.1, 0.15) is 11.6 Å². The summed E-state index contributed by atoms with van der Waals surface area (Å²) in [5, 5.41) is 0.388. The van der Waals surface area contributed by atoms with Gasteiger partial charge < -0.3 is 10.5 Å². The van der Waals surface area contributed by atoms with Crippen molar-refractivity contribution in [2.45, 2.75) is 6.04 Å². The molecule has 3 nitrogen and oxygen atoms in total. The normalized spacial score (nSPS) is 13.1. The van der Waals surface area contributed by atoms with Gasteiger partial charge in [0.1, 0.15) is 5.82 Å². The highest BCUT2D eigenvalue weighted by Crippen LogP contribution is 2.23. The third kappa shape index (κ3) is 4.24. The summed E-state index contributed by atoms with van der Waals surface area (Å²) in [5.41, 5.74) is 6.52. The molecule has 0 bridgehead atoms. The first-order valence-electron chi connectivity index (χ1n) is 5.43. The molecule has 0 amide bonds. The maximum absolute atomic E-state index is 13.3. The van der Waals surface area contributed by atoms with Gasteiger partial charge in [-0.05, 0) is 30.8 Å². The number of halogens is 2. The molecule has 0 radical (unpaired) electrons. The predicted molar refractivity (Wildman–Crippen MR) is 67.7 cm³/mol. The number of nitrogens with two attached hydrogens (primary N) is 1. The van der Waals surface area contributed by atoms with E-state index in [1.54, 1.807) is 13.2 Å². The van der Waals surface area contributed by atoms with Crippen LogP contribution >= 0.6 is 11.6 Å². The molecule has 0 aliphatic rings. The molecule has 1 unspecified atom stereocenters. The third-order valence-corrected chi connectivity index (χ3v) is 2.89. The molecule has 5 heteroatoms. The Hall–Kier alpha value is -0.680. The van der Waals surface area contributed by atoms with Gasteiger partial charge in [0.05, 0.1) is 6.61 Å². The summed E-state index contributed by atoms with van der Waals surface area (Å²) in [7, 11) is 3.57. The molecular weight excluding hydrogens is 243 g/mol. The first-order chi connectivity index (χ1) is 8.08. The van der Waals surface area contributed by atoms with E-state index in [4.69, 9.17) is 22.1 Å². The molecule has 0 aliphatic carbocycles. The summed E-state index contributed by atoms with van der Waals surface area (Å²) < 4.78 is 18.3. The lowest BCUT2D eigenvalue weighted by Gasteiger charge is -2.27. The number of ether oxygens (including phenoxy) is 1. The van der Waals surface area contributed by atoms with Gasteiger partial charge in [-0.3, -0.25) is 4.90 Å². The van der Waals surface area contributed by atoms with Gasteiger partial charge in [0.25, 0.3) is 0 Å². The predicted octanol–water partition coefficient (Wildman–Crippen LogP) is 2.06. The zero-order chi connectivity index (χ0) is 12.8. The van der Waals surface area contributed by atoms with Crippen molar-refractivity contribution < 1.29 is 9.13 Å². The minimum atomic E-state index is -0.342. The molecule has 2 N–H and O–H groups in total. The highest BCUT2D eigenvalue weighted by molar-refractivity contribution is 6.30. The van der Waals surface area contributed by atoms with Crippen molar-refractivity contribution >= 4 is 11.6 Å². The van der Waals surface area contributed by atoms with Crippen molar-refractivity contribution in [3.63, 3.8) is 0 Å². The Kier molecular flexibility index (Phi) is 5.85. The van der Waals surface area contributed by atoms with Crippen molar-refractivity contribution in [1.82, 2.24) is 4.90 Å². The van der Waals surface area contributed by atoms with Gasteiger partial charge >= 0.3 is 0 Å². The van der Waals surface area contributed by atoms with E-state index < -0.39 is 0 Å². The van der Waals surface area contributed by atoms with E-state index in [0.29, 0.717) is 18.2 Å². The van der Waals surface area contributed by atoms with Gasteiger partial charge in [0, 0.05) is 31.3 Å². The van der Waals surface area contributed by atoms with E-state index in [1.807, 2.05) is 11.9 Å². The Balaban J connectivity index is 2.84. The molecule has 17 heavy (non-hydrogen) atoms. The van der Waals surface area contributed by atoms with Crippen LogP contribution in [0.5, 0.6) is 0 Å². The van der Waals surface area contributed by atoms with E-state index in [9.17, 15) is 4.39 Å². The van der Waals surface area contributed by atoms with Crippen molar-refractivity contribution in [3.05, 3.63) is 34.6 Å². The van der Waals surface area contributed by atoms with Crippen LogP contribution in [-0.4, -0.2) is 38.8 Å². The fourth-order valence-corrected chi connectivity index (χ4v) is 1.96. The van der Waals surface area contributed by atoms with Gasteiger partial charge in [-0.2, -0.15) is 0 Å². The zero-order valence-electron chi connectivity index (χ0n) is 10.1. The highest BCUT2D eigenvalue weighted by Gasteiger charge is 2.16. The maximum atomic E-state index is 13.3. The second kappa shape index (κ2) is 6.91. The van der Waals surface area contributed by atoms with Gasteiger partial charge in [0.2, 0.25) is 0 Å². The number of benzene rings is 1. The zero-order valence-corrected chi connectivity index (χ0v) is 10.9. The Morgan fingerprint density at radius 1 is 1.47 bits per heavy atom. The molecular formula is C12H18ClFN2O. The van der Waals surface area contributed by atoms with Gasteiger partial charge in [-0.25, -0.2) is 4.39 Å². The largest absolute Gasteiger partial charge is 0.383 e. The molecule has 1 aromatic carbocycles. The second-order valence-electron chi connectivity index (χ2n) is 3.93. The Morgan fingerprint density at radius 2 is 2.18 bits per heavy atom. The smallest absolute Gasteiger partial charge is 0.125 e. The van der Waals surface area contributed by atoms with Crippen LogP contribution in [0.4, 0.5) is 4.39 Å². The lowest BCUT2D eigenvalue weighted by atomic mass is 10.1. The third-order valence-electron chi connectivity index (χ3n) is 2.67. The standard InChI is InChI=1S/C12H18ClFN2O/c1-16(3-4-17-2)12(8-15)9-5-10(13)7-11(14)6-9/h5-7,12H,3-4,8,15H2,1-2H3.